The fourth-order valence-electron chi connectivity index (χ4n) is 2.69. The monoisotopic (exact) mass is 232 g/mol. The highest BCUT2D eigenvalue weighted by Gasteiger charge is 2.24. The first-order chi connectivity index (χ1) is 8.26. The van der Waals surface area contributed by atoms with Crippen molar-refractivity contribution in [3.63, 3.8) is 0 Å². The maximum Gasteiger partial charge on any atom is 0.0401 e. The van der Waals surface area contributed by atoms with Crippen LogP contribution in [0.1, 0.15) is 32.3 Å². The van der Waals surface area contributed by atoms with Gasteiger partial charge in [-0.3, -0.25) is 0 Å². The van der Waals surface area contributed by atoms with Crippen LogP contribution in [0.4, 0.5) is 5.69 Å². The third-order valence-electron chi connectivity index (χ3n) is 4.03. The Bertz CT molecular complexity index is 358. The van der Waals surface area contributed by atoms with Crippen LogP contribution in [0.3, 0.4) is 0 Å². The van der Waals surface area contributed by atoms with E-state index in [0.29, 0.717) is 12.0 Å². The Kier molecular flexibility index (Phi) is 4.06. The van der Waals surface area contributed by atoms with Crippen LogP contribution in [-0.2, 0) is 6.42 Å². The van der Waals surface area contributed by atoms with Crippen LogP contribution in [0.5, 0.6) is 0 Å². The number of para-hydroxylation sites is 1. The van der Waals surface area contributed by atoms with Crippen molar-refractivity contribution in [1.29, 1.82) is 0 Å². The third-order valence-corrected chi connectivity index (χ3v) is 4.03. The molecule has 2 unspecified atom stereocenters. The van der Waals surface area contributed by atoms with Gasteiger partial charge >= 0.3 is 0 Å². The normalized spacial score (nSPS) is 21.1. The number of anilines is 1. The second-order valence-corrected chi connectivity index (χ2v) is 5.18. The van der Waals surface area contributed by atoms with E-state index in [-0.39, 0.29) is 0 Å². The maximum atomic E-state index is 5.84. The van der Waals surface area contributed by atoms with Crippen molar-refractivity contribution in [2.75, 3.05) is 18.0 Å². The summed E-state index contributed by atoms with van der Waals surface area (Å²) in [5.41, 5.74) is 8.77. The van der Waals surface area contributed by atoms with Crippen molar-refractivity contribution >= 4 is 5.69 Å². The van der Waals surface area contributed by atoms with E-state index in [4.69, 9.17) is 5.73 Å². The summed E-state index contributed by atoms with van der Waals surface area (Å²) in [4.78, 5) is 2.56. The Morgan fingerprint density at radius 3 is 2.88 bits per heavy atom. The van der Waals surface area contributed by atoms with Gasteiger partial charge in [-0.25, -0.2) is 0 Å². The van der Waals surface area contributed by atoms with E-state index in [9.17, 15) is 0 Å². The van der Waals surface area contributed by atoms with E-state index in [0.717, 1.165) is 13.1 Å². The first-order valence-electron chi connectivity index (χ1n) is 6.80. The van der Waals surface area contributed by atoms with Crippen LogP contribution >= 0.6 is 0 Å². The lowest BCUT2D eigenvalue weighted by atomic mass is 9.94. The zero-order valence-corrected chi connectivity index (χ0v) is 11.0. The molecule has 0 fully saturated rings. The largest absolute Gasteiger partial charge is 0.368 e. The van der Waals surface area contributed by atoms with Gasteiger partial charge in [0.15, 0.2) is 0 Å². The Balaban J connectivity index is 2.20. The summed E-state index contributed by atoms with van der Waals surface area (Å²) in [5.74, 6) is 0.614. The van der Waals surface area contributed by atoms with E-state index in [1.54, 1.807) is 0 Å². The lowest BCUT2D eigenvalue weighted by molar-refractivity contribution is 0.461. The molecule has 0 bridgehead atoms. The van der Waals surface area contributed by atoms with Crippen LogP contribution in [-0.4, -0.2) is 19.1 Å². The third kappa shape index (κ3) is 2.63. The van der Waals surface area contributed by atoms with Gasteiger partial charge < -0.3 is 10.6 Å². The first-order valence-corrected chi connectivity index (χ1v) is 6.80. The highest BCUT2D eigenvalue weighted by Crippen LogP contribution is 2.31. The molecule has 2 nitrogen and oxygen atoms in total. The van der Waals surface area contributed by atoms with Crippen molar-refractivity contribution in [3.05, 3.63) is 29.8 Å². The highest BCUT2D eigenvalue weighted by molar-refractivity contribution is 5.56. The number of nitrogens with two attached hydrogens (primary N) is 1. The molecule has 0 aromatic heterocycles. The van der Waals surface area contributed by atoms with Crippen molar-refractivity contribution < 1.29 is 0 Å². The molecule has 0 radical (unpaired) electrons. The minimum absolute atomic E-state index is 0.614. The number of benzene rings is 1. The number of rotatable bonds is 4. The Morgan fingerprint density at radius 2 is 2.18 bits per heavy atom. The van der Waals surface area contributed by atoms with E-state index in [1.165, 1.54) is 30.5 Å². The lowest BCUT2D eigenvalue weighted by Gasteiger charge is -2.39. The van der Waals surface area contributed by atoms with Crippen LogP contribution in [0.2, 0.25) is 0 Å². The smallest absolute Gasteiger partial charge is 0.0401 e. The summed E-state index contributed by atoms with van der Waals surface area (Å²) >= 11 is 0. The van der Waals surface area contributed by atoms with Gasteiger partial charge in [0.25, 0.3) is 0 Å². The molecule has 1 aromatic carbocycles. The van der Waals surface area contributed by atoms with Crippen molar-refractivity contribution in [2.24, 2.45) is 11.7 Å². The van der Waals surface area contributed by atoms with Crippen LogP contribution < -0.4 is 10.6 Å². The molecule has 0 spiro atoms. The molecule has 2 atom stereocenters. The topological polar surface area (TPSA) is 29.3 Å². The molecule has 2 N–H and O–H groups in total. The molecular weight excluding hydrogens is 208 g/mol. The SMILES string of the molecule is CCC(CN)CN1c2ccccc2CCC1C. The Labute approximate surface area is 105 Å². The summed E-state index contributed by atoms with van der Waals surface area (Å²) in [5, 5.41) is 0. The predicted octanol–water partition coefficient (Wildman–Crippen LogP) is 2.81. The van der Waals surface area contributed by atoms with Gasteiger partial charge in [-0.2, -0.15) is 0 Å². The maximum absolute atomic E-state index is 5.84. The van der Waals surface area contributed by atoms with E-state index >= 15 is 0 Å². The molecule has 1 aliphatic rings. The summed E-state index contributed by atoms with van der Waals surface area (Å²) in [6, 6.07) is 9.46. The molecule has 0 saturated heterocycles. The molecule has 0 aliphatic carbocycles. The number of hydrogen-bond donors (Lipinski definition) is 1. The van der Waals surface area contributed by atoms with Gasteiger partial charge in [0.1, 0.15) is 0 Å². The fourth-order valence-corrected chi connectivity index (χ4v) is 2.69. The van der Waals surface area contributed by atoms with Crippen molar-refractivity contribution in [2.45, 2.75) is 39.2 Å². The Hall–Kier alpha value is -1.02. The van der Waals surface area contributed by atoms with Gasteiger partial charge in [-0.15, -0.1) is 0 Å². The molecule has 17 heavy (non-hydrogen) atoms. The minimum Gasteiger partial charge on any atom is -0.368 e. The summed E-state index contributed by atoms with van der Waals surface area (Å²) in [6.45, 7) is 6.46. The van der Waals surface area contributed by atoms with Gasteiger partial charge in [-0.05, 0) is 43.9 Å². The van der Waals surface area contributed by atoms with Crippen LogP contribution in [0.15, 0.2) is 24.3 Å². The lowest BCUT2D eigenvalue weighted by Crippen LogP contribution is -2.42. The van der Waals surface area contributed by atoms with E-state index < -0.39 is 0 Å². The fraction of sp³-hybridized carbons (Fsp3) is 0.600. The number of hydrogen-bond acceptors (Lipinski definition) is 2. The summed E-state index contributed by atoms with van der Waals surface area (Å²) < 4.78 is 0. The standard InChI is InChI=1S/C15H24N2/c1-3-13(10-16)11-17-12(2)8-9-14-6-4-5-7-15(14)17/h4-7,12-13H,3,8-11,16H2,1-2H3. The molecule has 1 aromatic rings. The first kappa shape index (κ1) is 12.4. The van der Waals surface area contributed by atoms with Gasteiger partial charge in [-0.1, -0.05) is 31.5 Å². The zero-order valence-electron chi connectivity index (χ0n) is 11.0. The molecule has 0 amide bonds. The van der Waals surface area contributed by atoms with Crippen molar-refractivity contribution in [3.8, 4) is 0 Å². The molecular formula is C15H24N2. The average Bonchev–Trinajstić information content (AvgIpc) is 2.38. The number of fused-ring (bicyclic) bond motifs is 1. The van der Waals surface area contributed by atoms with E-state index in [2.05, 4.69) is 43.0 Å². The van der Waals surface area contributed by atoms with Crippen LogP contribution in [0, 0.1) is 5.92 Å². The number of aryl methyl sites for hydroxylation is 1. The minimum atomic E-state index is 0.614. The molecule has 0 saturated carbocycles. The molecule has 2 rings (SSSR count). The zero-order chi connectivity index (χ0) is 12.3. The molecule has 1 aliphatic heterocycles. The van der Waals surface area contributed by atoms with Gasteiger partial charge in [0.2, 0.25) is 0 Å². The van der Waals surface area contributed by atoms with Crippen molar-refractivity contribution in [1.82, 2.24) is 0 Å². The van der Waals surface area contributed by atoms with Gasteiger partial charge in [0.05, 0.1) is 0 Å². The van der Waals surface area contributed by atoms with Crippen LogP contribution in [0.25, 0.3) is 0 Å². The average molecular weight is 232 g/mol. The molecule has 2 heteroatoms. The predicted molar refractivity (Wildman–Crippen MR) is 74.4 cm³/mol. The quantitative estimate of drug-likeness (QED) is 0.865. The number of nitrogens with zero attached hydrogens (tertiary/aromatic N) is 1. The molecule has 94 valence electrons. The summed E-state index contributed by atoms with van der Waals surface area (Å²) in [6.07, 6.45) is 3.65. The highest BCUT2D eigenvalue weighted by atomic mass is 15.2. The van der Waals surface area contributed by atoms with E-state index in [1.807, 2.05) is 0 Å². The summed E-state index contributed by atoms with van der Waals surface area (Å²) in [7, 11) is 0. The molecule has 1 heterocycles. The second kappa shape index (κ2) is 5.54. The Morgan fingerprint density at radius 1 is 1.41 bits per heavy atom. The second-order valence-electron chi connectivity index (χ2n) is 5.18. The van der Waals surface area contributed by atoms with Gasteiger partial charge in [0, 0.05) is 18.3 Å².